The molecule has 7 nitrogen and oxygen atoms in total. The van der Waals surface area contributed by atoms with Crippen LogP contribution in [-0.4, -0.2) is 31.8 Å². The molecule has 1 aliphatic rings. The Labute approximate surface area is 157 Å². The monoisotopic (exact) mass is 396 g/mol. The van der Waals surface area contributed by atoms with Crippen LogP contribution in [0.15, 0.2) is 23.8 Å². The molecule has 25 heavy (non-hydrogen) atoms. The Hall–Kier alpha value is -2.42. The van der Waals surface area contributed by atoms with E-state index < -0.39 is 11.8 Å². The molecule has 0 atom stereocenters. The second-order valence-corrected chi connectivity index (χ2v) is 6.38. The van der Waals surface area contributed by atoms with Gasteiger partial charge in [-0.25, -0.2) is 0 Å². The number of hydrogen-bond acceptors (Lipinski definition) is 5. The second kappa shape index (κ2) is 6.47. The van der Waals surface area contributed by atoms with Crippen molar-refractivity contribution in [1.82, 2.24) is 20.4 Å². The normalized spacial score (nSPS) is 14.4. The zero-order valence-corrected chi connectivity index (χ0v) is 15.0. The summed E-state index contributed by atoms with van der Waals surface area (Å²) in [5.41, 5.74) is 0.737. The van der Waals surface area contributed by atoms with Crippen molar-refractivity contribution in [2.75, 3.05) is 0 Å². The number of aryl methyl sites for hydroxylation is 1. The number of benzene rings is 1. The first kappa shape index (κ1) is 17.4. The van der Waals surface area contributed by atoms with Gasteiger partial charge in [0, 0.05) is 5.02 Å². The Kier molecular flexibility index (Phi) is 4.51. The average Bonchev–Trinajstić information content (AvgIpc) is 2.80. The SMILES string of the molecule is Cc1nn(-c2cc(Cl)ccc2Cl)c(O)c1C=C1C(=O)NC(=S)NC1=O. The summed E-state index contributed by atoms with van der Waals surface area (Å²) in [6.07, 6.45) is 1.24. The fourth-order valence-corrected chi connectivity index (χ4v) is 2.81. The molecule has 0 unspecified atom stereocenters. The number of aromatic hydroxyl groups is 1. The molecule has 10 heteroatoms. The molecule has 1 aromatic carbocycles. The lowest BCUT2D eigenvalue weighted by Crippen LogP contribution is -2.51. The Morgan fingerprint density at radius 1 is 1.24 bits per heavy atom. The van der Waals surface area contributed by atoms with E-state index in [1.807, 2.05) is 0 Å². The number of thiocarbonyl (C=S) groups is 1. The van der Waals surface area contributed by atoms with Gasteiger partial charge in [-0.1, -0.05) is 23.2 Å². The summed E-state index contributed by atoms with van der Waals surface area (Å²) in [5, 5.41) is 20.0. The number of carbonyl (C=O) groups excluding carboxylic acids is 2. The molecule has 2 aromatic rings. The fourth-order valence-electron chi connectivity index (χ4n) is 2.26. The highest BCUT2D eigenvalue weighted by Crippen LogP contribution is 2.31. The van der Waals surface area contributed by atoms with Crippen LogP contribution >= 0.6 is 35.4 Å². The molecule has 3 rings (SSSR count). The quantitative estimate of drug-likeness (QED) is 0.410. The van der Waals surface area contributed by atoms with Crippen molar-refractivity contribution >= 4 is 58.4 Å². The minimum Gasteiger partial charge on any atom is -0.493 e. The molecule has 1 saturated heterocycles. The van der Waals surface area contributed by atoms with Gasteiger partial charge in [0.2, 0.25) is 5.88 Å². The molecule has 0 radical (unpaired) electrons. The van der Waals surface area contributed by atoms with Crippen molar-refractivity contribution < 1.29 is 14.7 Å². The molecule has 0 aliphatic carbocycles. The van der Waals surface area contributed by atoms with Gasteiger partial charge in [0.1, 0.15) is 5.57 Å². The van der Waals surface area contributed by atoms with Crippen molar-refractivity contribution in [3.63, 3.8) is 0 Å². The van der Waals surface area contributed by atoms with E-state index >= 15 is 0 Å². The number of carbonyl (C=O) groups is 2. The number of nitrogens with one attached hydrogen (secondary N) is 2. The summed E-state index contributed by atoms with van der Waals surface area (Å²) in [6, 6.07) is 4.70. The third-order valence-electron chi connectivity index (χ3n) is 3.45. The van der Waals surface area contributed by atoms with Gasteiger partial charge in [0.05, 0.1) is 22.0 Å². The van der Waals surface area contributed by atoms with Gasteiger partial charge in [0.25, 0.3) is 11.8 Å². The van der Waals surface area contributed by atoms with Crippen molar-refractivity contribution in [3.05, 3.63) is 45.1 Å². The molecule has 1 aliphatic heterocycles. The third kappa shape index (κ3) is 3.23. The van der Waals surface area contributed by atoms with Crippen LogP contribution in [0.25, 0.3) is 11.8 Å². The maximum absolute atomic E-state index is 11.9. The van der Waals surface area contributed by atoms with Crippen molar-refractivity contribution in [3.8, 4) is 11.6 Å². The smallest absolute Gasteiger partial charge is 0.263 e. The largest absolute Gasteiger partial charge is 0.493 e. The number of amides is 2. The van der Waals surface area contributed by atoms with Gasteiger partial charge in [-0.15, -0.1) is 0 Å². The number of rotatable bonds is 2. The first-order valence-electron chi connectivity index (χ1n) is 6.90. The molecular weight excluding hydrogens is 387 g/mol. The molecule has 0 bridgehead atoms. The Bertz CT molecular complexity index is 946. The summed E-state index contributed by atoms with van der Waals surface area (Å²) < 4.78 is 1.18. The van der Waals surface area contributed by atoms with Gasteiger partial charge < -0.3 is 5.11 Å². The fraction of sp³-hybridized carbons (Fsp3) is 0.0667. The van der Waals surface area contributed by atoms with Crippen LogP contribution in [0.2, 0.25) is 10.0 Å². The third-order valence-corrected chi connectivity index (χ3v) is 4.21. The van der Waals surface area contributed by atoms with Crippen LogP contribution in [-0.2, 0) is 9.59 Å². The number of hydrogen-bond donors (Lipinski definition) is 3. The highest BCUT2D eigenvalue weighted by atomic mass is 35.5. The Balaban J connectivity index is 2.11. The summed E-state index contributed by atoms with van der Waals surface area (Å²) in [6.45, 7) is 1.62. The lowest BCUT2D eigenvalue weighted by atomic mass is 10.1. The van der Waals surface area contributed by atoms with E-state index in [9.17, 15) is 14.7 Å². The molecule has 1 fully saturated rings. The molecule has 0 spiro atoms. The van der Waals surface area contributed by atoms with Crippen LogP contribution in [0.1, 0.15) is 11.3 Å². The van der Waals surface area contributed by atoms with Crippen molar-refractivity contribution in [1.29, 1.82) is 0 Å². The van der Waals surface area contributed by atoms with E-state index in [1.54, 1.807) is 19.1 Å². The standard InChI is InChI=1S/C15H10Cl2N4O3S/c1-6-8(5-9-12(22)18-15(25)19-13(9)23)14(24)21(20-6)11-4-7(16)2-3-10(11)17/h2-5,24H,1H3,(H2,18,19,22,23,25). The van der Waals surface area contributed by atoms with E-state index in [-0.39, 0.29) is 22.1 Å². The highest BCUT2D eigenvalue weighted by molar-refractivity contribution is 7.80. The van der Waals surface area contributed by atoms with Crippen LogP contribution in [0, 0.1) is 6.92 Å². The van der Waals surface area contributed by atoms with E-state index in [1.165, 1.54) is 16.8 Å². The maximum Gasteiger partial charge on any atom is 0.263 e. The van der Waals surface area contributed by atoms with Crippen LogP contribution in [0.5, 0.6) is 5.88 Å². The molecule has 1 aromatic heterocycles. The minimum absolute atomic E-state index is 0.0745. The van der Waals surface area contributed by atoms with E-state index in [4.69, 9.17) is 35.4 Å². The first-order valence-corrected chi connectivity index (χ1v) is 8.06. The molecule has 2 heterocycles. The molecule has 128 valence electrons. The summed E-state index contributed by atoms with van der Waals surface area (Å²) in [5.74, 6) is -1.62. The van der Waals surface area contributed by atoms with Crippen molar-refractivity contribution in [2.24, 2.45) is 0 Å². The second-order valence-electron chi connectivity index (χ2n) is 5.13. The number of halogens is 2. The topological polar surface area (TPSA) is 96.2 Å². The Morgan fingerprint density at radius 3 is 2.52 bits per heavy atom. The Morgan fingerprint density at radius 2 is 1.88 bits per heavy atom. The first-order chi connectivity index (χ1) is 11.8. The number of aromatic nitrogens is 2. The van der Waals surface area contributed by atoms with Gasteiger partial charge in [-0.05, 0) is 43.4 Å². The zero-order valence-electron chi connectivity index (χ0n) is 12.6. The minimum atomic E-state index is -0.666. The predicted octanol–water partition coefficient (Wildman–Crippen LogP) is 2.11. The molecule has 2 amide bonds. The predicted molar refractivity (Wildman–Crippen MR) is 96.8 cm³/mol. The number of nitrogens with zero attached hydrogens (tertiary/aromatic N) is 2. The summed E-state index contributed by atoms with van der Waals surface area (Å²) in [7, 11) is 0. The zero-order chi connectivity index (χ0) is 18.3. The molecule has 3 N–H and O–H groups in total. The lowest BCUT2D eigenvalue weighted by Gasteiger charge is -2.16. The van der Waals surface area contributed by atoms with Gasteiger partial charge in [-0.3, -0.25) is 20.2 Å². The van der Waals surface area contributed by atoms with Crippen LogP contribution in [0.3, 0.4) is 0 Å². The van der Waals surface area contributed by atoms with E-state index in [2.05, 4.69) is 15.7 Å². The van der Waals surface area contributed by atoms with Crippen LogP contribution in [0.4, 0.5) is 0 Å². The van der Waals surface area contributed by atoms with E-state index in [0.29, 0.717) is 21.4 Å². The maximum atomic E-state index is 11.9. The lowest BCUT2D eigenvalue weighted by molar-refractivity contribution is -0.123. The van der Waals surface area contributed by atoms with Gasteiger partial charge >= 0.3 is 0 Å². The molecular formula is C15H10Cl2N4O3S. The molecule has 0 saturated carbocycles. The van der Waals surface area contributed by atoms with Crippen LogP contribution < -0.4 is 10.6 Å². The van der Waals surface area contributed by atoms with E-state index in [0.717, 1.165) is 0 Å². The summed E-state index contributed by atoms with van der Waals surface area (Å²) >= 11 is 16.8. The van der Waals surface area contributed by atoms with Gasteiger partial charge in [0.15, 0.2) is 5.11 Å². The van der Waals surface area contributed by atoms with Crippen molar-refractivity contribution in [2.45, 2.75) is 6.92 Å². The van der Waals surface area contributed by atoms with Gasteiger partial charge in [-0.2, -0.15) is 9.78 Å². The average molecular weight is 397 g/mol. The summed E-state index contributed by atoms with van der Waals surface area (Å²) in [4.78, 5) is 23.9. The highest BCUT2D eigenvalue weighted by Gasteiger charge is 2.27.